The molecule has 12 rings (SSSR count). The van der Waals surface area contributed by atoms with E-state index in [2.05, 4.69) is 164 Å². The van der Waals surface area contributed by atoms with Crippen molar-refractivity contribution in [1.29, 1.82) is 0 Å². The first kappa shape index (κ1) is 33.1. The van der Waals surface area contributed by atoms with Crippen molar-refractivity contribution in [1.82, 2.24) is 19.9 Å². The summed E-state index contributed by atoms with van der Waals surface area (Å²) in [6.45, 7) is 0. The van der Waals surface area contributed by atoms with E-state index in [1.54, 1.807) is 11.3 Å². The van der Waals surface area contributed by atoms with Crippen LogP contribution < -0.4 is 0 Å². The van der Waals surface area contributed by atoms with Crippen LogP contribution in [0, 0.1) is 0 Å². The van der Waals surface area contributed by atoms with Crippen molar-refractivity contribution in [2.75, 3.05) is 0 Å². The maximum absolute atomic E-state index is 5.18. The van der Waals surface area contributed by atoms with E-state index < -0.39 is 0 Å². The molecule has 0 aliphatic rings. The molecule has 270 valence electrons. The summed E-state index contributed by atoms with van der Waals surface area (Å²) in [5.41, 5.74) is 8.37. The number of thiophene rings is 2. The smallest absolute Gasteiger partial charge is 0.164 e. The average Bonchev–Trinajstić information content (AvgIpc) is 3.87. The van der Waals surface area contributed by atoms with E-state index in [1.807, 2.05) is 29.5 Å². The number of pyridine rings is 1. The van der Waals surface area contributed by atoms with Gasteiger partial charge >= 0.3 is 0 Å². The molecule has 0 bridgehead atoms. The Morgan fingerprint density at radius 2 is 0.862 bits per heavy atom. The van der Waals surface area contributed by atoms with E-state index in [1.165, 1.54) is 62.1 Å². The number of para-hydroxylation sites is 1. The molecular formula is C52H30N4S2. The third-order valence-corrected chi connectivity index (χ3v) is 13.4. The maximum atomic E-state index is 5.18. The molecule has 0 amide bonds. The second kappa shape index (κ2) is 13.2. The fourth-order valence-corrected chi connectivity index (χ4v) is 10.7. The van der Waals surface area contributed by atoms with Crippen LogP contribution in [-0.4, -0.2) is 19.9 Å². The molecule has 0 saturated heterocycles. The van der Waals surface area contributed by atoms with Crippen molar-refractivity contribution in [3.63, 3.8) is 0 Å². The van der Waals surface area contributed by atoms with Crippen LogP contribution >= 0.6 is 22.7 Å². The molecule has 0 N–H and O–H groups in total. The Hall–Kier alpha value is -7.12. The maximum Gasteiger partial charge on any atom is 0.164 e. The largest absolute Gasteiger partial charge is 0.247 e. The summed E-state index contributed by atoms with van der Waals surface area (Å²) in [6.07, 6.45) is 0. The Balaban J connectivity index is 0.971. The number of benzene rings is 8. The first-order valence-corrected chi connectivity index (χ1v) is 20.9. The number of hydrogen-bond donors (Lipinski definition) is 0. The molecule has 0 unspecified atom stereocenters. The highest BCUT2D eigenvalue weighted by Crippen LogP contribution is 2.45. The Morgan fingerprint density at radius 1 is 0.293 bits per heavy atom. The minimum Gasteiger partial charge on any atom is -0.247 e. The topological polar surface area (TPSA) is 51.6 Å². The minimum absolute atomic E-state index is 0.648. The van der Waals surface area contributed by atoms with Gasteiger partial charge in [-0.25, -0.2) is 19.9 Å². The predicted octanol–water partition coefficient (Wildman–Crippen LogP) is 14.6. The number of fused-ring (bicyclic) bond motifs is 10. The summed E-state index contributed by atoms with van der Waals surface area (Å²) < 4.78 is 5.01. The second-order valence-electron chi connectivity index (χ2n) is 14.5. The van der Waals surface area contributed by atoms with E-state index in [-0.39, 0.29) is 0 Å². The quantitative estimate of drug-likeness (QED) is 0.163. The van der Waals surface area contributed by atoms with E-state index in [0.29, 0.717) is 17.5 Å². The summed E-state index contributed by atoms with van der Waals surface area (Å²) in [7, 11) is 0. The molecule has 4 heterocycles. The van der Waals surface area contributed by atoms with Crippen molar-refractivity contribution >= 4 is 84.7 Å². The van der Waals surface area contributed by atoms with Crippen LogP contribution in [0.5, 0.6) is 0 Å². The van der Waals surface area contributed by atoms with Gasteiger partial charge in [0.2, 0.25) is 0 Å². The predicted molar refractivity (Wildman–Crippen MR) is 246 cm³/mol. The lowest BCUT2D eigenvalue weighted by atomic mass is 9.95. The van der Waals surface area contributed by atoms with Crippen LogP contribution in [-0.2, 0) is 0 Å². The molecule has 58 heavy (non-hydrogen) atoms. The lowest BCUT2D eigenvalue weighted by molar-refractivity contribution is 1.08. The first-order chi connectivity index (χ1) is 28.7. The van der Waals surface area contributed by atoms with Gasteiger partial charge in [-0.05, 0) is 41.5 Å². The highest BCUT2D eigenvalue weighted by molar-refractivity contribution is 7.26. The molecule has 12 aromatic rings. The molecule has 0 aliphatic carbocycles. The van der Waals surface area contributed by atoms with E-state index in [9.17, 15) is 0 Å². The van der Waals surface area contributed by atoms with Gasteiger partial charge in [0.15, 0.2) is 17.5 Å². The first-order valence-electron chi connectivity index (χ1n) is 19.3. The molecular weight excluding hydrogens is 745 g/mol. The zero-order chi connectivity index (χ0) is 38.2. The molecule has 0 atom stereocenters. The van der Waals surface area contributed by atoms with Crippen LogP contribution in [0.25, 0.3) is 119 Å². The minimum atomic E-state index is 0.648. The van der Waals surface area contributed by atoms with Gasteiger partial charge in [-0.3, -0.25) is 0 Å². The number of rotatable bonds is 5. The lowest BCUT2D eigenvalue weighted by Gasteiger charge is -2.11. The number of hydrogen-bond acceptors (Lipinski definition) is 6. The SMILES string of the molecule is c1ccc(-c2nc(-c3ccc(-c4ccc5c(c4)sc4ccc6c(-c7ccccc7)nc7ccccc7c6c45)cc3)nc(-c3cccc4sc5ccccc5c34)n2)cc1. The lowest BCUT2D eigenvalue weighted by Crippen LogP contribution is -2.00. The monoisotopic (exact) mass is 774 g/mol. The standard InChI is InChI=1S/C52H30N4S2/c1-3-12-32(13-4-1)49-39-28-29-44-48(47(39)36-16-7-9-19-41(36)53-49)38-27-26-35(30-45(38)58-44)31-22-24-34(25-23-31)51-54-50(33-14-5-2-6-15-33)55-52(56-51)40-18-11-21-43-46(40)37-17-8-10-20-42(37)57-43/h1-30H. The summed E-state index contributed by atoms with van der Waals surface area (Å²) in [4.78, 5) is 20.5. The number of aromatic nitrogens is 4. The fourth-order valence-electron chi connectivity index (χ4n) is 8.42. The average molecular weight is 775 g/mol. The summed E-state index contributed by atoms with van der Waals surface area (Å²) in [5, 5.41) is 8.58. The molecule has 0 radical (unpaired) electrons. The number of nitrogens with zero attached hydrogens (tertiary/aromatic N) is 4. The zero-order valence-electron chi connectivity index (χ0n) is 30.9. The highest BCUT2D eigenvalue weighted by atomic mass is 32.1. The van der Waals surface area contributed by atoms with E-state index >= 15 is 0 Å². The highest BCUT2D eigenvalue weighted by Gasteiger charge is 2.19. The van der Waals surface area contributed by atoms with E-state index in [4.69, 9.17) is 19.9 Å². The van der Waals surface area contributed by atoms with Crippen LogP contribution in [0.1, 0.15) is 0 Å². The Morgan fingerprint density at radius 3 is 1.67 bits per heavy atom. The van der Waals surface area contributed by atoms with Gasteiger partial charge in [-0.15, -0.1) is 22.7 Å². The van der Waals surface area contributed by atoms with Crippen LogP contribution in [0.4, 0.5) is 0 Å². The molecule has 6 heteroatoms. The van der Waals surface area contributed by atoms with Crippen molar-refractivity contribution in [2.24, 2.45) is 0 Å². The van der Waals surface area contributed by atoms with Gasteiger partial charge < -0.3 is 0 Å². The summed E-state index contributed by atoms with van der Waals surface area (Å²) in [5.74, 6) is 1.98. The third-order valence-electron chi connectivity index (χ3n) is 11.1. The molecule has 0 saturated carbocycles. The molecule has 8 aromatic carbocycles. The van der Waals surface area contributed by atoms with Gasteiger partial charge in [0.1, 0.15) is 0 Å². The van der Waals surface area contributed by atoms with Gasteiger partial charge in [0.25, 0.3) is 0 Å². The van der Waals surface area contributed by atoms with Crippen LogP contribution in [0.15, 0.2) is 182 Å². The van der Waals surface area contributed by atoms with Crippen molar-refractivity contribution in [2.45, 2.75) is 0 Å². The van der Waals surface area contributed by atoms with E-state index in [0.717, 1.165) is 39.0 Å². The Labute approximate surface area is 341 Å². The van der Waals surface area contributed by atoms with Crippen LogP contribution in [0.3, 0.4) is 0 Å². The van der Waals surface area contributed by atoms with Gasteiger partial charge in [0.05, 0.1) is 11.2 Å². The molecule has 0 fully saturated rings. The third kappa shape index (κ3) is 5.34. The van der Waals surface area contributed by atoms with Crippen molar-refractivity contribution in [3.8, 4) is 56.5 Å². The van der Waals surface area contributed by atoms with Crippen LogP contribution in [0.2, 0.25) is 0 Å². The Kier molecular flexibility index (Phi) is 7.55. The fraction of sp³-hybridized carbons (Fsp3) is 0. The normalized spacial score (nSPS) is 11.8. The molecule has 4 nitrogen and oxygen atoms in total. The van der Waals surface area contributed by atoms with Crippen molar-refractivity contribution in [3.05, 3.63) is 182 Å². The second-order valence-corrected chi connectivity index (χ2v) is 16.7. The Bertz CT molecular complexity index is 3560. The molecule has 0 aliphatic heterocycles. The molecule has 4 aromatic heterocycles. The summed E-state index contributed by atoms with van der Waals surface area (Å²) in [6, 6.07) is 64.3. The van der Waals surface area contributed by atoms with Gasteiger partial charge in [-0.1, -0.05) is 152 Å². The van der Waals surface area contributed by atoms with Gasteiger partial charge in [0, 0.05) is 78.8 Å². The summed E-state index contributed by atoms with van der Waals surface area (Å²) >= 11 is 3.65. The van der Waals surface area contributed by atoms with Crippen molar-refractivity contribution < 1.29 is 0 Å². The van der Waals surface area contributed by atoms with Gasteiger partial charge in [-0.2, -0.15) is 0 Å². The zero-order valence-corrected chi connectivity index (χ0v) is 32.6. The molecule has 0 spiro atoms.